The zero-order valence-corrected chi connectivity index (χ0v) is 9.85. The van der Waals surface area contributed by atoms with Crippen LogP contribution in [0.5, 0.6) is 0 Å². The van der Waals surface area contributed by atoms with Crippen molar-refractivity contribution in [1.29, 1.82) is 0 Å². The third-order valence-electron chi connectivity index (χ3n) is 2.70. The summed E-state index contributed by atoms with van der Waals surface area (Å²) in [6.07, 6.45) is 5.54. The molecule has 2 atom stereocenters. The van der Waals surface area contributed by atoms with E-state index in [1.54, 1.807) is 6.26 Å². The molecule has 0 amide bonds. The number of hydrogen-bond donors (Lipinski definition) is 2. The Balaban J connectivity index is 2.20. The molecule has 1 rings (SSSR count). The molecule has 0 saturated heterocycles. The highest BCUT2D eigenvalue weighted by atomic mass is 32.2. The van der Waals surface area contributed by atoms with Crippen molar-refractivity contribution >= 4 is 10.8 Å². The van der Waals surface area contributed by atoms with E-state index in [-0.39, 0.29) is 6.10 Å². The molecule has 84 valence electrons. The molecule has 0 spiro atoms. The van der Waals surface area contributed by atoms with Gasteiger partial charge in [-0.25, -0.2) is 0 Å². The number of rotatable bonds is 4. The summed E-state index contributed by atoms with van der Waals surface area (Å²) in [7, 11) is -0.719. The maximum atomic E-state index is 11.0. The summed E-state index contributed by atoms with van der Waals surface area (Å²) in [5.74, 6) is 0.721. The van der Waals surface area contributed by atoms with Crippen molar-refractivity contribution in [2.24, 2.45) is 0 Å². The van der Waals surface area contributed by atoms with Gasteiger partial charge in [-0.15, -0.1) is 0 Å². The van der Waals surface area contributed by atoms with E-state index in [0.29, 0.717) is 12.1 Å². The number of aliphatic hydroxyl groups is 1. The van der Waals surface area contributed by atoms with Crippen LogP contribution in [0.3, 0.4) is 0 Å². The van der Waals surface area contributed by atoms with Crippen LogP contribution in [0.4, 0.5) is 0 Å². The second-order valence-corrected chi connectivity index (χ2v) is 5.79. The highest BCUT2D eigenvalue weighted by Crippen LogP contribution is 2.18. The fourth-order valence-corrected chi connectivity index (χ4v) is 2.85. The van der Waals surface area contributed by atoms with Gasteiger partial charge in [0.15, 0.2) is 0 Å². The Hall–Kier alpha value is 0.0700. The van der Waals surface area contributed by atoms with E-state index in [4.69, 9.17) is 0 Å². The van der Waals surface area contributed by atoms with E-state index in [1.807, 2.05) is 0 Å². The zero-order valence-electron chi connectivity index (χ0n) is 9.03. The molecule has 0 aromatic carbocycles. The third kappa shape index (κ3) is 4.53. The highest BCUT2D eigenvalue weighted by molar-refractivity contribution is 7.84. The zero-order chi connectivity index (χ0) is 10.6. The fraction of sp³-hybridized carbons (Fsp3) is 1.00. The minimum atomic E-state index is -0.719. The quantitative estimate of drug-likeness (QED) is 0.730. The lowest BCUT2D eigenvalue weighted by molar-refractivity contribution is 0.115. The Bertz CT molecular complexity index is 191. The number of nitrogens with one attached hydrogen (secondary N) is 1. The highest BCUT2D eigenvalue weighted by Gasteiger charge is 2.20. The molecule has 14 heavy (non-hydrogen) atoms. The van der Waals surface area contributed by atoms with Crippen molar-refractivity contribution in [1.82, 2.24) is 5.32 Å². The topological polar surface area (TPSA) is 49.3 Å². The predicted octanol–water partition coefficient (Wildman–Crippen LogP) is 0.646. The molecule has 0 aromatic rings. The van der Waals surface area contributed by atoms with E-state index in [2.05, 4.69) is 12.2 Å². The van der Waals surface area contributed by atoms with Crippen LogP contribution in [0, 0.1) is 0 Å². The molecule has 0 aromatic heterocycles. The minimum absolute atomic E-state index is 0.0938. The largest absolute Gasteiger partial charge is 0.393 e. The van der Waals surface area contributed by atoms with Gasteiger partial charge in [-0.2, -0.15) is 0 Å². The predicted molar refractivity (Wildman–Crippen MR) is 59.8 cm³/mol. The number of aliphatic hydroxyl groups excluding tert-OH is 1. The average molecular weight is 219 g/mol. The van der Waals surface area contributed by atoms with Gasteiger partial charge in [-0.1, -0.05) is 0 Å². The van der Waals surface area contributed by atoms with Crippen molar-refractivity contribution in [2.45, 2.75) is 50.8 Å². The van der Waals surface area contributed by atoms with E-state index in [0.717, 1.165) is 31.4 Å². The maximum absolute atomic E-state index is 11.0. The second kappa shape index (κ2) is 5.83. The molecule has 1 saturated carbocycles. The van der Waals surface area contributed by atoms with Gasteiger partial charge in [0.1, 0.15) is 0 Å². The summed E-state index contributed by atoms with van der Waals surface area (Å²) < 4.78 is 11.0. The van der Waals surface area contributed by atoms with Crippen LogP contribution >= 0.6 is 0 Å². The molecule has 0 bridgehead atoms. The molecule has 1 aliphatic carbocycles. The van der Waals surface area contributed by atoms with Crippen LogP contribution in [0.25, 0.3) is 0 Å². The first-order valence-corrected chi connectivity index (χ1v) is 7.04. The van der Waals surface area contributed by atoms with Crippen molar-refractivity contribution in [3.63, 3.8) is 0 Å². The summed E-state index contributed by atoms with van der Waals surface area (Å²) in [4.78, 5) is 0. The molecule has 2 unspecified atom stereocenters. The summed E-state index contributed by atoms with van der Waals surface area (Å²) in [5.41, 5.74) is 0. The van der Waals surface area contributed by atoms with Crippen LogP contribution in [0.2, 0.25) is 0 Å². The first-order valence-electron chi connectivity index (χ1n) is 5.32. The van der Waals surface area contributed by atoms with Gasteiger partial charge >= 0.3 is 0 Å². The fourth-order valence-electron chi connectivity index (χ4n) is 2.05. The van der Waals surface area contributed by atoms with E-state index in [1.165, 1.54) is 0 Å². The first-order chi connectivity index (χ1) is 6.58. The van der Waals surface area contributed by atoms with Gasteiger partial charge in [-0.05, 0) is 32.6 Å². The minimum Gasteiger partial charge on any atom is -0.393 e. The van der Waals surface area contributed by atoms with Crippen molar-refractivity contribution in [3.8, 4) is 0 Å². The van der Waals surface area contributed by atoms with Crippen LogP contribution in [-0.4, -0.2) is 39.5 Å². The first kappa shape index (κ1) is 12.1. The smallest absolute Gasteiger partial charge is 0.0541 e. The Morgan fingerprint density at radius 2 is 2.00 bits per heavy atom. The molecule has 4 heteroatoms. The third-order valence-corrected chi connectivity index (χ3v) is 3.67. The normalized spacial score (nSPS) is 32.5. The summed E-state index contributed by atoms with van der Waals surface area (Å²) in [5, 5.41) is 12.8. The van der Waals surface area contributed by atoms with Crippen LogP contribution in [0.15, 0.2) is 0 Å². The Labute approximate surface area is 88.7 Å². The van der Waals surface area contributed by atoms with E-state index in [9.17, 15) is 9.32 Å². The van der Waals surface area contributed by atoms with Crippen LogP contribution in [0.1, 0.15) is 32.6 Å². The molecule has 2 N–H and O–H groups in total. The van der Waals surface area contributed by atoms with E-state index >= 15 is 0 Å². The second-order valence-electron chi connectivity index (χ2n) is 4.31. The van der Waals surface area contributed by atoms with Crippen molar-refractivity contribution in [2.75, 3.05) is 12.0 Å². The standard InChI is InChI=1S/C10H21NO2S/c1-8(7-14(2)13)11-9-3-5-10(12)6-4-9/h8-12H,3-7H2,1-2H3. The lowest BCUT2D eigenvalue weighted by Gasteiger charge is -2.28. The molecule has 0 radical (unpaired) electrons. The molecule has 0 heterocycles. The molecule has 0 aliphatic heterocycles. The monoisotopic (exact) mass is 219 g/mol. The lowest BCUT2D eigenvalue weighted by atomic mass is 9.93. The molecule has 3 nitrogen and oxygen atoms in total. The Morgan fingerprint density at radius 1 is 1.43 bits per heavy atom. The lowest BCUT2D eigenvalue weighted by Crippen LogP contribution is -2.42. The van der Waals surface area contributed by atoms with Gasteiger partial charge < -0.3 is 10.4 Å². The van der Waals surface area contributed by atoms with Gasteiger partial charge in [0.05, 0.1) is 6.10 Å². The van der Waals surface area contributed by atoms with Gasteiger partial charge in [-0.3, -0.25) is 4.21 Å². The molecular weight excluding hydrogens is 198 g/mol. The average Bonchev–Trinajstić information content (AvgIpc) is 2.07. The van der Waals surface area contributed by atoms with Gasteiger partial charge in [0.25, 0.3) is 0 Å². The summed E-state index contributed by atoms with van der Waals surface area (Å²) >= 11 is 0. The van der Waals surface area contributed by atoms with Crippen LogP contribution in [-0.2, 0) is 10.8 Å². The van der Waals surface area contributed by atoms with Crippen molar-refractivity contribution in [3.05, 3.63) is 0 Å². The molecule has 1 aliphatic rings. The summed E-state index contributed by atoms with van der Waals surface area (Å²) in [6.45, 7) is 2.08. The number of hydrogen-bond acceptors (Lipinski definition) is 3. The van der Waals surface area contributed by atoms with Crippen LogP contribution < -0.4 is 5.32 Å². The SMILES string of the molecule is CC(CS(C)=O)NC1CCC(O)CC1. The molecule has 1 fully saturated rings. The summed E-state index contributed by atoms with van der Waals surface area (Å²) in [6, 6.07) is 0.832. The Morgan fingerprint density at radius 3 is 2.50 bits per heavy atom. The Kier molecular flexibility index (Phi) is 5.06. The maximum Gasteiger partial charge on any atom is 0.0541 e. The van der Waals surface area contributed by atoms with E-state index < -0.39 is 10.8 Å². The van der Waals surface area contributed by atoms with Crippen molar-refractivity contribution < 1.29 is 9.32 Å². The molecular formula is C10H21NO2S. The van der Waals surface area contributed by atoms with Gasteiger partial charge in [0, 0.05) is 34.9 Å². The van der Waals surface area contributed by atoms with Gasteiger partial charge in [0.2, 0.25) is 0 Å².